The van der Waals surface area contributed by atoms with Crippen molar-refractivity contribution >= 4 is 17.3 Å². The SMILES string of the molecule is O=[N+]([O-])c1ccc(Nc2nc(-[n+]3cc[n+](-c4ccccc4)cc3)nc(-[n+]3cc[n+](-c4ccccc4)cc3)n2)cc1. The Kier molecular flexibility index (Phi) is 6.58. The Balaban J connectivity index is 1.37. The molecule has 6 rings (SSSR count). The number of nitro benzene ring substituents is 1. The van der Waals surface area contributed by atoms with Crippen molar-refractivity contribution in [1.82, 2.24) is 15.0 Å². The largest absolute Gasteiger partial charge is 0.448 e. The van der Waals surface area contributed by atoms with Crippen molar-refractivity contribution in [3.63, 3.8) is 0 Å². The summed E-state index contributed by atoms with van der Waals surface area (Å²) in [6.45, 7) is 0. The van der Waals surface area contributed by atoms with Gasteiger partial charge in [-0.2, -0.15) is 18.3 Å². The number of aromatic nitrogens is 7. The van der Waals surface area contributed by atoms with Crippen LogP contribution in [0.5, 0.6) is 0 Å². The van der Waals surface area contributed by atoms with E-state index in [0.29, 0.717) is 17.6 Å². The van der Waals surface area contributed by atoms with E-state index in [9.17, 15) is 10.1 Å². The van der Waals surface area contributed by atoms with Gasteiger partial charge in [0.15, 0.2) is 0 Å². The quantitative estimate of drug-likeness (QED) is 0.194. The minimum Gasteiger partial charge on any atom is -0.295 e. The van der Waals surface area contributed by atoms with Gasteiger partial charge in [-0.15, -0.1) is 0 Å². The predicted octanol–water partition coefficient (Wildman–Crippen LogP) is 2.63. The number of non-ortho nitro benzene ring substituents is 1. The Hall–Kier alpha value is -5.97. The molecule has 1 N–H and O–H groups in total. The third kappa shape index (κ3) is 5.34. The van der Waals surface area contributed by atoms with Crippen molar-refractivity contribution in [1.29, 1.82) is 0 Å². The van der Waals surface area contributed by atoms with Crippen molar-refractivity contribution in [3.05, 3.63) is 145 Å². The molecule has 0 fully saturated rings. The fraction of sp³-hybridized carbons (Fsp3) is 0. The summed E-state index contributed by atoms with van der Waals surface area (Å²) in [6.07, 6.45) is 15.1. The molecular formula is C29H23N9O2+4. The molecule has 3 aromatic carbocycles. The fourth-order valence-electron chi connectivity index (χ4n) is 4.02. The highest BCUT2D eigenvalue weighted by atomic mass is 16.6. The van der Waals surface area contributed by atoms with Gasteiger partial charge >= 0.3 is 17.8 Å². The van der Waals surface area contributed by atoms with Crippen LogP contribution in [0.15, 0.2) is 135 Å². The van der Waals surface area contributed by atoms with Crippen molar-refractivity contribution in [2.45, 2.75) is 0 Å². The number of hydrogen-bond donors (Lipinski definition) is 1. The zero-order chi connectivity index (χ0) is 27.3. The van der Waals surface area contributed by atoms with E-state index in [1.54, 1.807) is 21.3 Å². The summed E-state index contributed by atoms with van der Waals surface area (Å²) in [4.78, 5) is 24.6. The summed E-state index contributed by atoms with van der Waals surface area (Å²) < 4.78 is 7.56. The van der Waals surface area contributed by atoms with E-state index in [2.05, 4.69) is 15.3 Å². The van der Waals surface area contributed by atoms with Crippen molar-refractivity contribution in [3.8, 4) is 23.3 Å². The molecule has 192 valence electrons. The van der Waals surface area contributed by atoms with E-state index in [0.717, 1.165) is 11.4 Å². The first-order chi connectivity index (χ1) is 19.6. The van der Waals surface area contributed by atoms with Crippen molar-refractivity contribution < 1.29 is 23.2 Å². The molecule has 0 aliphatic rings. The van der Waals surface area contributed by atoms with Gasteiger partial charge in [0, 0.05) is 47.1 Å². The zero-order valence-electron chi connectivity index (χ0n) is 21.1. The second-order valence-corrected chi connectivity index (χ2v) is 8.68. The maximum absolute atomic E-state index is 11.0. The highest BCUT2D eigenvalue weighted by Gasteiger charge is 2.25. The molecule has 3 heterocycles. The predicted molar refractivity (Wildman–Crippen MR) is 142 cm³/mol. The smallest absolute Gasteiger partial charge is 0.295 e. The Morgan fingerprint density at radius 3 is 1.40 bits per heavy atom. The summed E-state index contributed by atoms with van der Waals surface area (Å²) in [7, 11) is 0. The van der Waals surface area contributed by atoms with E-state index in [1.807, 2.05) is 119 Å². The third-order valence-electron chi connectivity index (χ3n) is 6.07. The summed E-state index contributed by atoms with van der Waals surface area (Å²) in [5.74, 6) is 1.07. The third-order valence-corrected chi connectivity index (χ3v) is 6.07. The number of anilines is 2. The number of nitrogens with zero attached hydrogens (tertiary/aromatic N) is 8. The van der Waals surface area contributed by atoms with E-state index in [1.165, 1.54) is 12.1 Å². The van der Waals surface area contributed by atoms with Crippen LogP contribution in [-0.2, 0) is 0 Å². The average Bonchev–Trinajstić information content (AvgIpc) is 3.02. The summed E-state index contributed by atoms with van der Waals surface area (Å²) >= 11 is 0. The topological polar surface area (TPSA) is 109 Å². The minimum absolute atomic E-state index is 0.000646. The van der Waals surface area contributed by atoms with Crippen LogP contribution in [0.25, 0.3) is 23.3 Å². The van der Waals surface area contributed by atoms with Crippen LogP contribution < -0.4 is 23.6 Å². The Morgan fingerprint density at radius 2 is 0.975 bits per heavy atom. The van der Waals surface area contributed by atoms with Crippen LogP contribution in [0, 0.1) is 10.1 Å². The van der Waals surface area contributed by atoms with Crippen molar-refractivity contribution in [2.24, 2.45) is 0 Å². The normalized spacial score (nSPS) is 10.7. The fourth-order valence-corrected chi connectivity index (χ4v) is 4.02. The molecular weight excluding hydrogens is 506 g/mol. The van der Waals surface area contributed by atoms with Crippen LogP contribution in [0.4, 0.5) is 17.3 Å². The Bertz CT molecular complexity index is 1660. The standard InChI is InChI=1S/C29H23N9O2/c39-38(40)26-13-11-23(12-14-26)30-27-31-28(36-19-15-34(16-20-36)24-7-3-1-4-8-24)33-29(32-27)37-21-17-35(18-22-37)25-9-5-2-6-10-25/h1-22H,(H,30,31,32,33)/q+4. The Labute approximate surface area is 228 Å². The maximum Gasteiger partial charge on any atom is 0.448 e. The number of para-hydroxylation sites is 2. The molecule has 0 atom stereocenters. The lowest BCUT2D eigenvalue weighted by molar-refractivity contribution is -0.666. The maximum atomic E-state index is 11.0. The van der Waals surface area contributed by atoms with Gasteiger partial charge in [-0.05, 0) is 22.1 Å². The molecule has 40 heavy (non-hydrogen) atoms. The molecule has 0 amide bonds. The highest BCUT2D eigenvalue weighted by Crippen LogP contribution is 2.18. The lowest BCUT2D eigenvalue weighted by Gasteiger charge is -2.02. The molecule has 0 aliphatic carbocycles. The number of nitro groups is 1. The minimum atomic E-state index is -0.440. The molecule has 0 saturated heterocycles. The highest BCUT2D eigenvalue weighted by molar-refractivity contribution is 5.55. The summed E-state index contributed by atoms with van der Waals surface area (Å²) in [5, 5.41) is 14.2. The lowest BCUT2D eigenvalue weighted by atomic mass is 10.3. The van der Waals surface area contributed by atoms with Gasteiger partial charge in [0.05, 0.1) is 4.92 Å². The Morgan fingerprint density at radius 1 is 0.550 bits per heavy atom. The van der Waals surface area contributed by atoms with Gasteiger partial charge < -0.3 is 0 Å². The number of benzene rings is 3. The van der Waals surface area contributed by atoms with Gasteiger partial charge in [0.1, 0.15) is 24.8 Å². The van der Waals surface area contributed by atoms with Gasteiger partial charge in [-0.3, -0.25) is 15.4 Å². The van der Waals surface area contributed by atoms with Crippen LogP contribution in [0.1, 0.15) is 0 Å². The molecule has 0 bridgehead atoms. The first-order valence-electron chi connectivity index (χ1n) is 12.4. The van der Waals surface area contributed by atoms with Gasteiger partial charge in [-0.25, -0.2) is 0 Å². The first kappa shape index (κ1) is 24.4. The monoisotopic (exact) mass is 529 g/mol. The van der Waals surface area contributed by atoms with E-state index in [4.69, 9.17) is 4.98 Å². The van der Waals surface area contributed by atoms with Gasteiger partial charge in [0.25, 0.3) is 5.69 Å². The molecule has 0 unspecified atom stereocenters. The van der Waals surface area contributed by atoms with Crippen LogP contribution in [-0.4, -0.2) is 19.9 Å². The molecule has 0 aliphatic heterocycles. The van der Waals surface area contributed by atoms with Gasteiger partial charge in [0.2, 0.25) is 36.2 Å². The average molecular weight is 530 g/mol. The van der Waals surface area contributed by atoms with Crippen molar-refractivity contribution in [2.75, 3.05) is 5.32 Å². The summed E-state index contributed by atoms with van der Waals surface area (Å²) in [6, 6.07) is 26.0. The number of rotatable bonds is 7. The number of hydrogen-bond acceptors (Lipinski definition) is 6. The van der Waals surface area contributed by atoms with Gasteiger partial charge in [-0.1, -0.05) is 36.4 Å². The molecule has 0 radical (unpaired) electrons. The van der Waals surface area contributed by atoms with Crippen LogP contribution in [0.2, 0.25) is 0 Å². The number of nitrogens with one attached hydrogen (secondary N) is 1. The molecule has 0 saturated carbocycles. The molecule has 11 nitrogen and oxygen atoms in total. The van der Waals surface area contributed by atoms with E-state index < -0.39 is 4.92 Å². The van der Waals surface area contributed by atoms with Crippen LogP contribution in [0.3, 0.4) is 0 Å². The molecule has 3 aromatic heterocycles. The van der Waals surface area contributed by atoms with Crippen LogP contribution >= 0.6 is 0 Å². The first-order valence-corrected chi connectivity index (χ1v) is 12.4. The van der Waals surface area contributed by atoms with E-state index >= 15 is 0 Å². The molecule has 11 heteroatoms. The lowest BCUT2D eigenvalue weighted by Crippen LogP contribution is -2.43. The zero-order valence-corrected chi connectivity index (χ0v) is 21.1. The van der Waals surface area contributed by atoms with E-state index in [-0.39, 0.29) is 11.6 Å². The summed E-state index contributed by atoms with van der Waals surface area (Å²) in [5.41, 5.74) is 2.66. The second kappa shape index (κ2) is 10.8. The molecule has 6 aromatic rings. The second-order valence-electron chi connectivity index (χ2n) is 8.68. The molecule has 0 spiro atoms.